The van der Waals surface area contributed by atoms with Crippen molar-refractivity contribution in [1.82, 2.24) is 15.1 Å². The van der Waals surface area contributed by atoms with Crippen molar-refractivity contribution in [2.75, 3.05) is 19.8 Å². The first-order chi connectivity index (χ1) is 11.6. The molecule has 1 N–H and O–H groups in total. The minimum absolute atomic E-state index is 0.699. The molecule has 1 aliphatic carbocycles. The second-order valence-corrected chi connectivity index (χ2v) is 7.05. The maximum Gasteiger partial charge on any atom is 0.132 e. The molecule has 4 nitrogen and oxygen atoms in total. The Hall–Kier alpha value is -1.36. The van der Waals surface area contributed by atoms with Crippen LogP contribution >= 0.6 is 11.6 Å². The van der Waals surface area contributed by atoms with Gasteiger partial charge in [-0.2, -0.15) is 5.10 Å². The molecule has 1 heterocycles. The molecule has 1 aromatic heterocycles. The number of ether oxygens (including phenoxy) is 1. The van der Waals surface area contributed by atoms with Gasteiger partial charge in [-0.05, 0) is 38.2 Å². The molecular formula is C19H26ClN3O. The average Bonchev–Trinajstić information content (AvgIpc) is 3.35. The monoisotopic (exact) mass is 347 g/mol. The van der Waals surface area contributed by atoms with E-state index in [1.165, 1.54) is 24.0 Å². The van der Waals surface area contributed by atoms with Crippen molar-refractivity contribution in [2.24, 2.45) is 5.92 Å². The first-order valence-electron chi connectivity index (χ1n) is 8.69. The molecule has 0 saturated heterocycles. The Labute approximate surface area is 149 Å². The molecular weight excluding hydrogens is 322 g/mol. The summed E-state index contributed by atoms with van der Waals surface area (Å²) in [6.45, 7) is 8.03. The van der Waals surface area contributed by atoms with Gasteiger partial charge in [0.25, 0.3) is 0 Å². The van der Waals surface area contributed by atoms with Gasteiger partial charge in [0, 0.05) is 25.3 Å². The van der Waals surface area contributed by atoms with Crippen LogP contribution in [0.15, 0.2) is 24.3 Å². The molecule has 1 aliphatic rings. The predicted octanol–water partition coefficient (Wildman–Crippen LogP) is 3.72. The Morgan fingerprint density at radius 1 is 1.25 bits per heavy atom. The molecule has 2 aromatic rings. The van der Waals surface area contributed by atoms with Crippen molar-refractivity contribution in [1.29, 1.82) is 0 Å². The number of halogens is 1. The lowest BCUT2D eigenvalue weighted by Crippen LogP contribution is -2.20. The zero-order chi connectivity index (χ0) is 16.9. The van der Waals surface area contributed by atoms with Crippen LogP contribution in [0.25, 0.3) is 0 Å². The van der Waals surface area contributed by atoms with Gasteiger partial charge in [-0.15, -0.1) is 0 Å². The second-order valence-electron chi connectivity index (χ2n) is 6.69. The van der Waals surface area contributed by atoms with E-state index in [1.807, 2.05) is 11.6 Å². The van der Waals surface area contributed by atoms with Crippen LogP contribution in [-0.4, -0.2) is 29.5 Å². The first kappa shape index (κ1) is 17.5. The summed E-state index contributed by atoms with van der Waals surface area (Å²) in [6, 6.07) is 8.48. The average molecular weight is 348 g/mol. The second kappa shape index (κ2) is 8.15. The van der Waals surface area contributed by atoms with E-state index in [1.54, 1.807) is 0 Å². The molecule has 3 rings (SSSR count). The molecule has 0 radical (unpaired) electrons. The molecule has 0 bridgehead atoms. The Bertz CT molecular complexity index is 662. The van der Waals surface area contributed by atoms with E-state index in [2.05, 4.69) is 41.6 Å². The first-order valence-corrected chi connectivity index (χ1v) is 9.07. The van der Waals surface area contributed by atoms with Crippen molar-refractivity contribution in [2.45, 2.75) is 39.8 Å². The van der Waals surface area contributed by atoms with Crippen molar-refractivity contribution in [3.63, 3.8) is 0 Å². The van der Waals surface area contributed by atoms with Crippen molar-refractivity contribution < 1.29 is 4.74 Å². The van der Waals surface area contributed by atoms with Gasteiger partial charge >= 0.3 is 0 Å². The SMILES string of the molecule is Cc1ccc(Cn2nc(C)c(CNCCOCC3CC3)c2Cl)cc1. The topological polar surface area (TPSA) is 39.1 Å². The van der Waals surface area contributed by atoms with Crippen LogP contribution in [-0.2, 0) is 17.8 Å². The van der Waals surface area contributed by atoms with E-state index >= 15 is 0 Å². The highest BCUT2D eigenvalue weighted by molar-refractivity contribution is 6.30. The number of aromatic nitrogens is 2. The smallest absolute Gasteiger partial charge is 0.132 e. The van der Waals surface area contributed by atoms with Crippen LogP contribution in [0.1, 0.15) is 35.2 Å². The molecule has 1 saturated carbocycles. The zero-order valence-corrected chi connectivity index (χ0v) is 15.3. The summed E-state index contributed by atoms with van der Waals surface area (Å²) < 4.78 is 7.51. The molecule has 1 aromatic carbocycles. The Balaban J connectivity index is 1.50. The van der Waals surface area contributed by atoms with E-state index in [4.69, 9.17) is 16.3 Å². The molecule has 0 unspecified atom stereocenters. The molecule has 0 aliphatic heterocycles. The fourth-order valence-corrected chi connectivity index (χ4v) is 2.96. The van der Waals surface area contributed by atoms with Crippen LogP contribution < -0.4 is 5.32 Å². The van der Waals surface area contributed by atoms with Crippen LogP contribution in [0.2, 0.25) is 5.15 Å². The van der Waals surface area contributed by atoms with Gasteiger partial charge in [0.2, 0.25) is 0 Å². The lowest BCUT2D eigenvalue weighted by molar-refractivity contribution is 0.126. The maximum absolute atomic E-state index is 6.53. The standard InChI is InChI=1S/C19H26ClN3O/c1-14-3-5-16(6-4-14)12-23-19(20)18(15(2)22-23)11-21-9-10-24-13-17-7-8-17/h3-6,17,21H,7-13H2,1-2H3. The quantitative estimate of drug-likeness (QED) is 0.703. The fourth-order valence-electron chi connectivity index (χ4n) is 2.65. The number of nitrogens with zero attached hydrogens (tertiary/aromatic N) is 2. The molecule has 24 heavy (non-hydrogen) atoms. The Morgan fingerprint density at radius 2 is 2.00 bits per heavy atom. The van der Waals surface area contributed by atoms with Gasteiger partial charge in [0.15, 0.2) is 0 Å². The third-order valence-corrected chi connectivity index (χ3v) is 4.83. The molecule has 0 spiro atoms. The number of hydrogen-bond donors (Lipinski definition) is 1. The fraction of sp³-hybridized carbons (Fsp3) is 0.526. The summed E-state index contributed by atoms with van der Waals surface area (Å²) in [4.78, 5) is 0. The molecule has 130 valence electrons. The molecule has 0 atom stereocenters. The van der Waals surface area contributed by atoms with Gasteiger partial charge in [-0.1, -0.05) is 41.4 Å². The Kier molecular flexibility index (Phi) is 5.93. The summed E-state index contributed by atoms with van der Waals surface area (Å²) in [5, 5.41) is 8.71. The highest BCUT2D eigenvalue weighted by atomic mass is 35.5. The minimum Gasteiger partial charge on any atom is -0.380 e. The zero-order valence-electron chi connectivity index (χ0n) is 14.5. The highest BCUT2D eigenvalue weighted by Crippen LogP contribution is 2.28. The van der Waals surface area contributed by atoms with Crippen LogP contribution in [0.5, 0.6) is 0 Å². The third-order valence-electron chi connectivity index (χ3n) is 4.41. The van der Waals surface area contributed by atoms with Gasteiger partial charge < -0.3 is 10.1 Å². The number of benzene rings is 1. The number of hydrogen-bond acceptors (Lipinski definition) is 3. The van der Waals surface area contributed by atoms with Crippen LogP contribution in [0.3, 0.4) is 0 Å². The van der Waals surface area contributed by atoms with E-state index < -0.39 is 0 Å². The molecule has 5 heteroatoms. The molecule has 0 amide bonds. The predicted molar refractivity (Wildman–Crippen MR) is 97.5 cm³/mol. The lowest BCUT2D eigenvalue weighted by Gasteiger charge is -2.07. The highest BCUT2D eigenvalue weighted by Gasteiger charge is 2.20. The summed E-state index contributed by atoms with van der Waals surface area (Å²) in [7, 11) is 0. The summed E-state index contributed by atoms with van der Waals surface area (Å²) in [6.07, 6.45) is 2.67. The van der Waals surface area contributed by atoms with Crippen LogP contribution in [0.4, 0.5) is 0 Å². The van der Waals surface area contributed by atoms with E-state index in [-0.39, 0.29) is 0 Å². The number of nitrogens with one attached hydrogen (secondary N) is 1. The number of rotatable bonds is 9. The van der Waals surface area contributed by atoms with E-state index in [0.29, 0.717) is 6.54 Å². The largest absolute Gasteiger partial charge is 0.380 e. The summed E-state index contributed by atoms with van der Waals surface area (Å²) >= 11 is 6.53. The number of aryl methyl sites for hydroxylation is 2. The van der Waals surface area contributed by atoms with Crippen LogP contribution in [0, 0.1) is 19.8 Å². The van der Waals surface area contributed by atoms with E-state index in [9.17, 15) is 0 Å². The van der Waals surface area contributed by atoms with Crippen molar-refractivity contribution in [3.8, 4) is 0 Å². The van der Waals surface area contributed by atoms with Gasteiger partial charge in [0.05, 0.1) is 18.8 Å². The van der Waals surface area contributed by atoms with Gasteiger partial charge in [-0.3, -0.25) is 0 Å². The molecule has 1 fully saturated rings. The lowest BCUT2D eigenvalue weighted by atomic mass is 10.1. The Morgan fingerprint density at radius 3 is 2.71 bits per heavy atom. The normalized spacial score (nSPS) is 14.3. The van der Waals surface area contributed by atoms with Gasteiger partial charge in [0.1, 0.15) is 5.15 Å². The van der Waals surface area contributed by atoms with E-state index in [0.717, 1.165) is 48.6 Å². The summed E-state index contributed by atoms with van der Waals surface area (Å²) in [5.41, 5.74) is 4.53. The van der Waals surface area contributed by atoms with Crippen molar-refractivity contribution in [3.05, 3.63) is 51.8 Å². The minimum atomic E-state index is 0.699. The van der Waals surface area contributed by atoms with Gasteiger partial charge in [-0.25, -0.2) is 4.68 Å². The maximum atomic E-state index is 6.53. The van der Waals surface area contributed by atoms with Crippen molar-refractivity contribution >= 4 is 11.6 Å². The third kappa shape index (κ3) is 4.82. The summed E-state index contributed by atoms with van der Waals surface area (Å²) in [5.74, 6) is 0.821.